The van der Waals surface area contributed by atoms with Crippen LogP contribution >= 0.6 is 11.6 Å². The summed E-state index contributed by atoms with van der Waals surface area (Å²) in [4.78, 5) is 15.8. The highest BCUT2D eigenvalue weighted by Crippen LogP contribution is 2.28. The molecular weight excluding hydrogens is 322 g/mol. The van der Waals surface area contributed by atoms with Crippen molar-refractivity contribution < 1.29 is 14.3 Å². The van der Waals surface area contributed by atoms with E-state index in [4.69, 9.17) is 22.1 Å². The van der Waals surface area contributed by atoms with Crippen molar-refractivity contribution in [1.29, 1.82) is 0 Å². The van der Waals surface area contributed by atoms with E-state index < -0.39 is 6.03 Å². The Labute approximate surface area is 137 Å². The number of aromatic nitrogens is 2. The predicted octanol–water partition coefficient (Wildman–Crippen LogP) is 1.74. The molecule has 0 unspecified atom stereocenters. The van der Waals surface area contributed by atoms with E-state index in [1.54, 1.807) is 18.2 Å². The Kier molecular flexibility index (Phi) is 5.95. The summed E-state index contributed by atoms with van der Waals surface area (Å²) in [5, 5.41) is 16.9. The molecule has 0 saturated carbocycles. The van der Waals surface area contributed by atoms with Crippen LogP contribution in [-0.4, -0.2) is 24.2 Å². The van der Waals surface area contributed by atoms with E-state index in [0.29, 0.717) is 40.8 Å². The maximum Gasteiger partial charge on any atom is 0.411 e. The summed E-state index contributed by atoms with van der Waals surface area (Å²) in [5.74, 6) is 0.455. The van der Waals surface area contributed by atoms with E-state index in [9.17, 15) is 10.0 Å². The summed E-state index contributed by atoms with van der Waals surface area (Å²) >= 11 is 5.94. The Bertz CT molecular complexity index is 683. The van der Waals surface area contributed by atoms with E-state index in [0.717, 1.165) is 0 Å². The zero-order valence-electron chi connectivity index (χ0n) is 12.2. The maximum atomic E-state index is 12.0. The van der Waals surface area contributed by atoms with Gasteiger partial charge < -0.3 is 15.7 Å². The second-order valence-corrected chi connectivity index (χ2v) is 4.93. The molecular formula is C14H16ClN5O3. The van der Waals surface area contributed by atoms with Crippen molar-refractivity contribution in [3.63, 3.8) is 0 Å². The van der Waals surface area contributed by atoms with Gasteiger partial charge in [0.2, 0.25) is 0 Å². The minimum Gasteiger partial charge on any atom is -0.711 e. The van der Waals surface area contributed by atoms with Crippen LogP contribution in [0.5, 0.6) is 5.75 Å². The third-order valence-corrected chi connectivity index (χ3v) is 2.99. The van der Waals surface area contributed by atoms with Gasteiger partial charge in [-0.15, -0.1) is 0 Å². The lowest BCUT2D eigenvalue weighted by Crippen LogP contribution is -2.34. The molecule has 0 aliphatic carbocycles. The van der Waals surface area contributed by atoms with E-state index in [1.807, 2.05) is 0 Å². The van der Waals surface area contributed by atoms with Gasteiger partial charge in [-0.05, 0) is 31.2 Å². The zero-order chi connectivity index (χ0) is 16.7. The first kappa shape index (κ1) is 16.8. The van der Waals surface area contributed by atoms with Crippen LogP contribution in [0.1, 0.15) is 6.42 Å². The van der Waals surface area contributed by atoms with Gasteiger partial charge in [0.15, 0.2) is 0 Å². The number of ether oxygens (including phenoxy) is 1. The molecule has 8 nitrogen and oxygen atoms in total. The van der Waals surface area contributed by atoms with Gasteiger partial charge in [-0.25, -0.2) is 9.52 Å². The molecule has 4 N–H and O–H groups in total. The average molecular weight is 338 g/mol. The number of amides is 2. The van der Waals surface area contributed by atoms with Gasteiger partial charge in [0.25, 0.3) is 0 Å². The van der Waals surface area contributed by atoms with E-state index >= 15 is 0 Å². The van der Waals surface area contributed by atoms with Gasteiger partial charge in [-0.2, -0.15) is 5.32 Å². The highest BCUT2D eigenvalue weighted by Gasteiger charge is 2.14. The highest BCUT2D eigenvalue weighted by molar-refractivity contribution is 6.31. The number of halogens is 1. The van der Waals surface area contributed by atoms with Gasteiger partial charge in [-0.1, -0.05) is 11.6 Å². The number of hydrogen-bond acceptors (Lipinski definition) is 5. The van der Waals surface area contributed by atoms with Crippen LogP contribution in [0.4, 0.5) is 16.3 Å². The summed E-state index contributed by atoms with van der Waals surface area (Å²) < 4.78 is 6.04. The standard InChI is InChI=1S/C14H16ClN5O3/c15-10-2-3-12(23-7-1-4-16)11(8-10)18-14(21)19-13-9-17-5-6-20(13)22/h2-3,5-6,8-9H,1,4,7,16H2,(H2,18,19,21). The Morgan fingerprint density at radius 2 is 2.26 bits per heavy atom. The third-order valence-electron chi connectivity index (χ3n) is 2.76. The second-order valence-electron chi connectivity index (χ2n) is 4.50. The molecule has 23 heavy (non-hydrogen) atoms. The van der Waals surface area contributed by atoms with Crippen LogP contribution in [-0.2, 0) is 0 Å². The topological polar surface area (TPSA) is 116 Å². The first-order valence-electron chi connectivity index (χ1n) is 6.83. The first-order valence-corrected chi connectivity index (χ1v) is 7.21. The first-order chi connectivity index (χ1) is 11.1. The summed E-state index contributed by atoms with van der Waals surface area (Å²) in [6.45, 7) is 0.916. The van der Waals surface area contributed by atoms with Crippen molar-refractivity contribution in [3.8, 4) is 5.75 Å². The van der Waals surface area contributed by atoms with E-state index in [-0.39, 0.29) is 5.82 Å². The van der Waals surface area contributed by atoms with Gasteiger partial charge in [0.1, 0.15) is 18.1 Å². The molecule has 2 amide bonds. The van der Waals surface area contributed by atoms with Crippen molar-refractivity contribution in [2.45, 2.75) is 6.42 Å². The molecule has 2 aromatic rings. The van der Waals surface area contributed by atoms with Crippen LogP contribution < -0.4 is 25.8 Å². The predicted molar refractivity (Wildman–Crippen MR) is 86.5 cm³/mol. The molecule has 9 heteroatoms. The quantitative estimate of drug-likeness (QED) is 0.422. The summed E-state index contributed by atoms with van der Waals surface area (Å²) in [5.41, 5.74) is 5.80. The van der Waals surface area contributed by atoms with Crippen LogP contribution in [0.25, 0.3) is 0 Å². The van der Waals surface area contributed by atoms with E-state index in [2.05, 4.69) is 15.6 Å². The smallest absolute Gasteiger partial charge is 0.411 e. The number of rotatable bonds is 6. The lowest BCUT2D eigenvalue weighted by molar-refractivity contribution is -0.590. The van der Waals surface area contributed by atoms with Gasteiger partial charge in [0, 0.05) is 5.02 Å². The number of anilines is 2. The molecule has 0 aliphatic rings. The Balaban J connectivity index is 2.07. The lowest BCUT2D eigenvalue weighted by atomic mass is 10.3. The maximum absolute atomic E-state index is 12.0. The molecule has 0 atom stereocenters. The average Bonchev–Trinajstić information content (AvgIpc) is 2.52. The third kappa shape index (κ3) is 4.97. The normalized spacial score (nSPS) is 10.2. The van der Waals surface area contributed by atoms with Crippen molar-refractivity contribution in [3.05, 3.63) is 47.0 Å². The minimum atomic E-state index is -0.617. The molecule has 0 fully saturated rings. The number of carbonyl (C=O) groups excluding carboxylic acids is 1. The van der Waals surface area contributed by atoms with Gasteiger partial charge in [-0.3, -0.25) is 10.3 Å². The Hall–Kier alpha value is -2.58. The Morgan fingerprint density at radius 3 is 3.00 bits per heavy atom. The molecule has 1 aromatic carbocycles. The molecule has 1 aromatic heterocycles. The largest absolute Gasteiger partial charge is 0.711 e. The number of urea groups is 1. The lowest BCUT2D eigenvalue weighted by Gasteiger charge is -2.12. The molecule has 0 aliphatic heterocycles. The number of hydrogen-bond donors (Lipinski definition) is 3. The van der Waals surface area contributed by atoms with Crippen LogP contribution in [0.15, 0.2) is 36.8 Å². The summed E-state index contributed by atoms with van der Waals surface area (Å²) in [6, 6.07) is 4.23. The molecule has 0 spiro atoms. The van der Waals surface area contributed by atoms with Crippen molar-refractivity contribution in [2.75, 3.05) is 23.8 Å². The number of nitrogens with two attached hydrogens (primary N) is 1. The molecule has 122 valence electrons. The minimum absolute atomic E-state index is 0.00220. The molecule has 0 radical (unpaired) electrons. The van der Waals surface area contributed by atoms with Crippen molar-refractivity contribution >= 4 is 29.1 Å². The van der Waals surface area contributed by atoms with Crippen LogP contribution in [0.2, 0.25) is 5.02 Å². The summed E-state index contributed by atoms with van der Waals surface area (Å²) in [6.07, 6.45) is 4.41. The molecule has 0 saturated heterocycles. The zero-order valence-corrected chi connectivity index (χ0v) is 12.9. The van der Waals surface area contributed by atoms with Crippen molar-refractivity contribution in [2.24, 2.45) is 5.73 Å². The van der Waals surface area contributed by atoms with Crippen molar-refractivity contribution in [1.82, 2.24) is 4.98 Å². The van der Waals surface area contributed by atoms with Crippen LogP contribution in [0.3, 0.4) is 0 Å². The number of nitrogens with zero attached hydrogens (tertiary/aromatic N) is 2. The monoisotopic (exact) mass is 337 g/mol. The SMILES string of the molecule is NCCCOc1ccc(Cl)cc1NC(=O)Nc1cncc[n+]1[O-]. The molecule has 2 rings (SSSR count). The fraction of sp³-hybridized carbons (Fsp3) is 0.214. The van der Waals surface area contributed by atoms with E-state index in [1.165, 1.54) is 18.6 Å². The van der Waals surface area contributed by atoms with Gasteiger partial charge >= 0.3 is 11.8 Å². The second kappa shape index (κ2) is 8.16. The Morgan fingerprint density at radius 1 is 1.43 bits per heavy atom. The van der Waals surface area contributed by atoms with Crippen LogP contribution in [0, 0.1) is 5.21 Å². The fourth-order valence-corrected chi connectivity index (χ4v) is 1.87. The number of benzene rings is 1. The van der Waals surface area contributed by atoms with Gasteiger partial charge in [0.05, 0.1) is 18.5 Å². The summed E-state index contributed by atoms with van der Waals surface area (Å²) in [7, 11) is 0. The number of nitrogens with one attached hydrogen (secondary N) is 2. The fourth-order valence-electron chi connectivity index (χ4n) is 1.70. The molecule has 1 heterocycles. The number of carbonyl (C=O) groups is 1. The highest BCUT2D eigenvalue weighted by atomic mass is 35.5. The molecule has 0 bridgehead atoms.